The lowest BCUT2D eigenvalue weighted by atomic mass is 10.2. The zero-order valence-electron chi connectivity index (χ0n) is 16.2. The molecule has 0 aromatic heterocycles. The number of sulfonamides is 1. The van der Waals surface area contributed by atoms with Crippen molar-refractivity contribution in [3.63, 3.8) is 0 Å². The molecule has 0 unspecified atom stereocenters. The zero-order chi connectivity index (χ0) is 22.5. The van der Waals surface area contributed by atoms with Crippen molar-refractivity contribution in [1.82, 2.24) is 4.90 Å². The molecule has 2 aromatic carbocycles. The lowest BCUT2D eigenvalue weighted by Crippen LogP contribution is -2.32. The van der Waals surface area contributed by atoms with E-state index in [-0.39, 0.29) is 28.7 Å². The maximum atomic E-state index is 13.1. The molecule has 12 heteroatoms. The molecule has 0 aliphatic rings. The molecule has 0 heterocycles. The predicted molar refractivity (Wildman–Crippen MR) is 112 cm³/mol. The minimum atomic E-state index is -4.11. The first-order valence-electron chi connectivity index (χ1n) is 8.63. The Morgan fingerprint density at radius 1 is 1.27 bits per heavy atom. The summed E-state index contributed by atoms with van der Waals surface area (Å²) in [6, 6.07) is 8.56. The Kier molecular flexibility index (Phi) is 7.76. The fraction of sp³-hybridized carbons (Fsp3) is 0.278. The average Bonchev–Trinajstić information content (AvgIpc) is 2.66. The van der Waals surface area contributed by atoms with Gasteiger partial charge in [0.25, 0.3) is 5.69 Å². The second-order valence-corrected chi connectivity index (χ2v) is 9.23. The van der Waals surface area contributed by atoms with Crippen LogP contribution >= 0.6 is 11.8 Å². The van der Waals surface area contributed by atoms with Crippen molar-refractivity contribution >= 4 is 39.1 Å². The first-order valence-corrected chi connectivity index (χ1v) is 11.2. The van der Waals surface area contributed by atoms with Crippen molar-refractivity contribution in [1.29, 1.82) is 0 Å². The fourth-order valence-corrected chi connectivity index (χ4v) is 3.91. The summed E-state index contributed by atoms with van der Waals surface area (Å²) in [5.41, 5.74) is -0.417. The Bertz CT molecular complexity index is 1030. The van der Waals surface area contributed by atoms with E-state index in [1.165, 1.54) is 34.9 Å². The average molecular weight is 457 g/mol. The number of carbonyl (C=O) groups is 1. The molecule has 162 valence electrons. The number of nitrogens with one attached hydrogen (secondary N) is 1. The number of rotatable bonds is 9. The molecule has 0 aliphatic carbocycles. The molecule has 2 rings (SSSR count). The largest absolute Gasteiger partial charge is 0.375 e. The molecule has 0 saturated carbocycles. The van der Waals surface area contributed by atoms with Gasteiger partial charge in [-0.1, -0.05) is 0 Å². The summed E-state index contributed by atoms with van der Waals surface area (Å²) in [7, 11) is -0.926. The molecular formula is C18H21FN4O5S2. The van der Waals surface area contributed by atoms with E-state index in [0.29, 0.717) is 5.75 Å². The summed E-state index contributed by atoms with van der Waals surface area (Å²) in [6.45, 7) is 0. The predicted octanol–water partition coefficient (Wildman–Crippen LogP) is 2.43. The third-order valence-electron chi connectivity index (χ3n) is 4.04. The molecule has 0 aliphatic heterocycles. The number of nitrogens with zero attached hydrogens (tertiary/aromatic N) is 2. The molecule has 0 radical (unpaired) electrons. The van der Waals surface area contributed by atoms with E-state index in [0.717, 1.165) is 17.0 Å². The molecule has 1 amide bonds. The highest BCUT2D eigenvalue weighted by Gasteiger charge is 2.23. The number of hydrogen-bond acceptors (Lipinski definition) is 7. The lowest BCUT2D eigenvalue weighted by molar-refractivity contribution is -0.384. The molecule has 0 bridgehead atoms. The molecule has 3 N–H and O–H groups in total. The number of thioether (sulfide) groups is 1. The number of nitro groups is 1. The molecule has 0 saturated heterocycles. The van der Waals surface area contributed by atoms with Gasteiger partial charge in [0, 0.05) is 43.3 Å². The zero-order valence-corrected chi connectivity index (χ0v) is 17.9. The van der Waals surface area contributed by atoms with Crippen molar-refractivity contribution in [3.8, 4) is 0 Å². The summed E-state index contributed by atoms with van der Waals surface area (Å²) in [5, 5.41) is 19.4. The van der Waals surface area contributed by atoms with Gasteiger partial charge in [-0.2, -0.15) is 0 Å². The van der Waals surface area contributed by atoms with Crippen LogP contribution in [0.4, 0.5) is 15.8 Å². The highest BCUT2D eigenvalue weighted by atomic mass is 32.2. The number of primary sulfonamides is 1. The van der Waals surface area contributed by atoms with Gasteiger partial charge < -0.3 is 10.2 Å². The molecule has 2 aromatic rings. The Balaban J connectivity index is 2.28. The number of hydrogen-bond donors (Lipinski definition) is 2. The second kappa shape index (κ2) is 9.87. The van der Waals surface area contributed by atoms with Crippen molar-refractivity contribution < 1.29 is 22.5 Å². The van der Waals surface area contributed by atoms with Crippen LogP contribution in [0.25, 0.3) is 0 Å². The van der Waals surface area contributed by atoms with Gasteiger partial charge in [0.1, 0.15) is 11.5 Å². The maximum Gasteiger partial charge on any atom is 0.293 e. The summed E-state index contributed by atoms with van der Waals surface area (Å²) < 4.78 is 36.1. The van der Waals surface area contributed by atoms with E-state index in [4.69, 9.17) is 5.14 Å². The first-order chi connectivity index (χ1) is 14.0. The van der Waals surface area contributed by atoms with Crippen LogP contribution in [0.5, 0.6) is 0 Å². The molecule has 0 fully saturated rings. The third kappa shape index (κ3) is 6.68. The summed E-state index contributed by atoms with van der Waals surface area (Å²) in [5.74, 6) is -0.224. The van der Waals surface area contributed by atoms with Crippen LogP contribution in [-0.4, -0.2) is 50.0 Å². The Labute approximate surface area is 177 Å². The van der Waals surface area contributed by atoms with E-state index < -0.39 is 26.7 Å². The monoisotopic (exact) mass is 456 g/mol. The number of amides is 1. The summed E-state index contributed by atoms with van der Waals surface area (Å²) >= 11 is 1.35. The number of carbonyl (C=O) groups excluding carboxylic acids is 1. The van der Waals surface area contributed by atoms with Gasteiger partial charge in [-0.05, 0) is 36.4 Å². The normalized spacial score (nSPS) is 12.3. The molecular weight excluding hydrogens is 435 g/mol. The van der Waals surface area contributed by atoms with Crippen molar-refractivity contribution in [2.75, 3.05) is 25.2 Å². The van der Waals surface area contributed by atoms with Gasteiger partial charge in [0.2, 0.25) is 15.9 Å². The van der Waals surface area contributed by atoms with Crippen molar-refractivity contribution in [2.45, 2.75) is 22.3 Å². The van der Waals surface area contributed by atoms with Crippen LogP contribution in [0.3, 0.4) is 0 Å². The topological polar surface area (TPSA) is 136 Å². The fourth-order valence-electron chi connectivity index (χ4n) is 2.45. The van der Waals surface area contributed by atoms with Gasteiger partial charge in [-0.3, -0.25) is 14.9 Å². The van der Waals surface area contributed by atoms with Crippen LogP contribution in [0.15, 0.2) is 52.3 Å². The van der Waals surface area contributed by atoms with Crippen molar-refractivity contribution in [3.05, 3.63) is 58.4 Å². The number of halogens is 1. The van der Waals surface area contributed by atoms with Gasteiger partial charge in [0.15, 0.2) is 0 Å². The minimum Gasteiger partial charge on any atom is -0.375 e. The molecule has 30 heavy (non-hydrogen) atoms. The van der Waals surface area contributed by atoms with Gasteiger partial charge >= 0.3 is 0 Å². The second-order valence-electron chi connectivity index (χ2n) is 6.58. The highest BCUT2D eigenvalue weighted by Crippen LogP contribution is 2.29. The minimum absolute atomic E-state index is 0.0370. The molecule has 0 spiro atoms. The van der Waals surface area contributed by atoms with E-state index in [1.54, 1.807) is 26.2 Å². The SMILES string of the molecule is CN(C)C(=O)C[C@H](CSc1ccc(F)cc1)Nc1ccc(S(N)(=O)=O)cc1[N+](=O)[O-]. The van der Waals surface area contributed by atoms with Crippen LogP contribution in [0.1, 0.15) is 6.42 Å². The highest BCUT2D eigenvalue weighted by molar-refractivity contribution is 7.99. The van der Waals surface area contributed by atoms with Crippen LogP contribution in [-0.2, 0) is 14.8 Å². The standard InChI is InChI=1S/C18H21FN4O5S2/c1-22(2)18(24)9-13(11-29-14-5-3-12(19)4-6-14)21-16-8-7-15(30(20,27)28)10-17(16)23(25)26/h3-8,10,13,21H,9,11H2,1-2H3,(H2,20,27,28)/t13-/m1/s1. The summed E-state index contributed by atoms with van der Waals surface area (Å²) in [6.07, 6.45) is 0.0370. The number of benzene rings is 2. The van der Waals surface area contributed by atoms with E-state index in [2.05, 4.69) is 5.32 Å². The number of anilines is 1. The smallest absolute Gasteiger partial charge is 0.293 e. The Hall–Kier alpha value is -2.70. The van der Waals surface area contributed by atoms with Crippen LogP contribution in [0.2, 0.25) is 0 Å². The van der Waals surface area contributed by atoms with Gasteiger partial charge in [-0.15, -0.1) is 11.8 Å². The van der Waals surface area contributed by atoms with E-state index in [1.807, 2.05) is 0 Å². The third-order valence-corrected chi connectivity index (χ3v) is 6.12. The maximum absolute atomic E-state index is 13.1. The number of nitrogens with two attached hydrogens (primary N) is 1. The van der Waals surface area contributed by atoms with Gasteiger partial charge in [-0.25, -0.2) is 17.9 Å². The first kappa shape index (κ1) is 23.6. The molecule has 9 nitrogen and oxygen atoms in total. The van der Waals surface area contributed by atoms with Gasteiger partial charge in [0.05, 0.1) is 9.82 Å². The molecule has 1 atom stereocenters. The Morgan fingerprint density at radius 3 is 2.43 bits per heavy atom. The van der Waals surface area contributed by atoms with Crippen LogP contribution < -0.4 is 10.5 Å². The lowest BCUT2D eigenvalue weighted by Gasteiger charge is -2.21. The van der Waals surface area contributed by atoms with E-state index >= 15 is 0 Å². The van der Waals surface area contributed by atoms with Crippen molar-refractivity contribution in [2.24, 2.45) is 5.14 Å². The Morgan fingerprint density at radius 2 is 1.90 bits per heavy atom. The van der Waals surface area contributed by atoms with E-state index in [9.17, 15) is 27.7 Å². The van der Waals surface area contributed by atoms with Crippen LogP contribution in [0, 0.1) is 15.9 Å². The number of nitro benzene ring substituents is 1. The summed E-state index contributed by atoms with van der Waals surface area (Å²) in [4.78, 5) is 24.7. The quantitative estimate of drug-likeness (QED) is 0.336.